The number of fused-ring (bicyclic) bond motifs is 1. The lowest BCUT2D eigenvalue weighted by Crippen LogP contribution is -1.98. The van der Waals surface area contributed by atoms with Gasteiger partial charge in [0.2, 0.25) is 0 Å². The fourth-order valence-electron chi connectivity index (χ4n) is 3.39. The number of ether oxygens (including phenoxy) is 1. The van der Waals surface area contributed by atoms with Crippen molar-refractivity contribution >= 4 is 45.6 Å². The number of rotatable bonds is 5. The molecule has 4 aromatic carbocycles. The smallest absolute Gasteiger partial charge is 0.157 e. The Labute approximate surface area is 189 Å². The van der Waals surface area contributed by atoms with Gasteiger partial charge in [0, 0.05) is 5.56 Å². The van der Waals surface area contributed by atoms with Crippen molar-refractivity contribution in [3.05, 3.63) is 111 Å². The van der Waals surface area contributed by atoms with Gasteiger partial charge in [0.25, 0.3) is 0 Å². The molecule has 0 heterocycles. The van der Waals surface area contributed by atoms with E-state index in [1.54, 1.807) is 36.4 Å². The molecule has 0 aromatic heterocycles. The van der Waals surface area contributed by atoms with Gasteiger partial charge >= 0.3 is 0 Å². The first kappa shape index (κ1) is 20.9. The average Bonchev–Trinajstić information content (AvgIpc) is 2.77. The molecule has 0 aliphatic heterocycles. The minimum absolute atomic E-state index is 0.176. The Morgan fingerprint density at radius 1 is 0.935 bits per heavy atom. The third kappa shape index (κ3) is 4.56. The van der Waals surface area contributed by atoms with Crippen molar-refractivity contribution in [1.82, 2.24) is 0 Å². The standard InChI is InChI=1S/C26H16Cl2FNO/c27-23-13-17(12-20(15-30)22-10-3-4-11-25(22)29)14-24(28)26(23)31-16-19-8-5-7-18-6-1-2-9-21(18)19/h1-14H,16H2. The van der Waals surface area contributed by atoms with E-state index in [-0.39, 0.29) is 11.1 Å². The van der Waals surface area contributed by atoms with Crippen LogP contribution in [0.5, 0.6) is 5.75 Å². The van der Waals surface area contributed by atoms with Gasteiger partial charge in [0.05, 0.1) is 21.7 Å². The zero-order chi connectivity index (χ0) is 21.8. The van der Waals surface area contributed by atoms with E-state index in [9.17, 15) is 9.65 Å². The van der Waals surface area contributed by atoms with E-state index >= 15 is 0 Å². The second-order valence-electron chi connectivity index (χ2n) is 6.89. The second kappa shape index (κ2) is 9.22. The van der Waals surface area contributed by atoms with E-state index < -0.39 is 5.82 Å². The fourth-order valence-corrected chi connectivity index (χ4v) is 4.00. The predicted octanol–water partition coefficient (Wildman–Crippen LogP) is 7.93. The Hall–Kier alpha value is -3.32. The normalized spacial score (nSPS) is 11.4. The molecule has 0 aliphatic rings. The third-order valence-corrected chi connectivity index (χ3v) is 5.43. The van der Waals surface area contributed by atoms with Crippen molar-refractivity contribution in [2.75, 3.05) is 0 Å². The molecule has 0 fully saturated rings. The van der Waals surface area contributed by atoms with Crippen molar-refractivity contribution in [3.8, 4) is 11.8 Å². The van der Waals surface area contributed by atoms with Gasteiger partial charge in [-0.3, -0.25) is 0 Å². The summed E-state index contributed by atoms with van der Waals surface area (Å²) in [7, 11) is 0. The number of allylic oxidation sites excluding steroid dienone is 1. The van der Waals surface area contributed by atoms with Crippen LogP contribution in [0.1, 0.15) is 16.7 Å². The van der Waals surface area contributed by atoms with Crippen LogP contribution in [-0.2, 0) is 6.61 Å². The first-order valence-electron chi connectivity index (χ1n) is 9.52. The van der Waals surface area contributed by atoms with Crippen molar-refractivity contribution in [2.24, 2.45) is 0 Å². The summed E-state index contributed by atoms with van der Waals surface area (Å²) in [5, 5.41) is 12.3. The monoisotopic (exact) mass is 447 g/mol. The molecule has 0 radical (unpaired) electrons. The Balaban J connectivity index is 1.62. The maximum absolute atomic E-state index is 14.1. The van der Waals surface area contributed by atoms with Crippen LogP contribution in [0, 0.1) is 17.1 Å². The van der Waals surface area contributed by atoms with Crippen LogP contribution < -0.4 is 4.74 Å². The SMILES string of the molecule is N#CC(=Cc1cc(Cl)c(OCc2cccc3ccccc23)c(Cl)c1)c1ccccc1F. The van der Waals surface area contributed by atoms with Crippen LogP contribution in [-0.4, -0.2) is 0 Å². The molecule has 0 N–H and O–H groups in total. The molecule has 0 spiro atoms. The number of nitriles is 1. The van der Waals surface area contributed by atoms with Crippen LogP contribution in [0.25, 0.3) is 22.4 Å². The molecule has 0 amide bonds. The van der Waals surface area contributed by atoms with Crippen LogP contribution in [0.3, 0.4) is 0 Å². The molecule has 5 heteroatoms. The summed E-state index contributed by atoms with van der Waals surface area (Å²) < 4.78 is 20.0. The molecule has 152 valence electrons. The van der Waals surface area contributed by atoms with E-state index in [2.05, 4.69) is 0 Å². The highest BCUT2D eigenvalue weighted by molar-refractivity contribution is 6.37. The molecule has 4 aromatic rings. The molecule has 0 saturated heterocycles. The summed E-state index contributed by atoms with van der Waals surface area (Å²) in [6, 6.07) is 25.5. The number of nitrogens with zero attached hydrogens (tertiary/aromatic N) is 1. The van der Waals surface area contributed by atoms with E-state index in [0.29, 0.717) is 28.0 Å². The fraction of sp³-hybridized carbons (Fsp3) is 0.0385. The lowest BCUT2D eigenvalue weighted by molar-refractivity contribution is 0.308. The van der Waals surface area contributed by atoms with Gasteiger partial charge in [-0.05, 0) is 46.2 Å². The average molecular weight is 448 g/mol. The van der Waals surface area contributed by atoms with Gasteiger partial charge in [-0.15, -0.1) is 0 Å². The quantitative estimate of drug-likeness (QED) is 0.229. The van der Waals surface area contributed by atoms with Crippen molar-refractivity contribution in [1.29, 1.82) is 5.26 Å². The summed E-state index contributed by atoms with van der Waals surface area (Å²) in [6.07, 6.45) is 1.55. The van der Waals surface area contributed by atoms with Crippen molar-refractivity contribution < 1.29 is 9.13 Å². The molecule has 4 rings (SSSR count). The molecule has 0 atom stereocenters. The highest BCUT2D eigenvalue weighted by Crippen LogP contribution is 2.36. The molecule has 0 saturated carbocycles. The largest absolute Gasteiger partial charge is 0.486 e. The van der Waals surface area contributed by atoms with Crippen molar-refractivity contribution in [2.45, 2.75) is 6.61 Å². The number of hydrogen-bond donors (Lipinski definition) is 0. The van der Waals surface area contributed by atoms with Gasteiger partial charge in [-0.1, -0.05) is 83.9 Å². The lowest BCUT2D eigenvalue weighted by atomic mass is 10.0. The number of halogens is 3. The predicted molar refractivity (Wildman–Crippen MR) is 125 cm³/mol. The van der Waals surface area contributed by atoms with E-state index in [1.807, 2.05) is 48.5 Å². The van der Waals surface area contributed by atoms with E-state index in [4.69, 9.17) is 27.9 Å². The highest BCUT2D eigenvalue weighted by atomic mass is 35.5. The molecule has 2 nitrogen and oxygen atoms in total. The highest BCUT2D eigenvalue weighted by Gasteiger charge is 2.12. The van der Waals surface area contributed by atoms with Gasteiger partial charge in [0.1, 0.15) is 12.4 Å². The first-order valence-corrected chi connectivity index (χ1v) is 10.3. The Morgan fingerprint density at radius 3 is 2.35 bits per heavy atom. The summed E-state index contributed by atoms with van der Waals surface area (Å²) in [5.41, 5.74) is 1.98. The number of hydrogen-bond acceptors (Lipinski definition) is 2. The minimum atomic E-state index is -0.470. The Bertz CT molecular complexity index is 1310. The number of benzene rings is 4. The second-order valence-corrected chi connectivity index (χ2v) is 7.70. The van der Waals surface area contributed by atoms with Gasteiger partial charge in [0.15, 0.2) is 5.75 Å². The zero-order valence-corrected chi connectivity index (χ0v) is 17.8. The Kier molecular flexibility index (Phi) is 6.23. The van der Waals surface area contributed by atoms with E-state index in [0.717, 1.165) is 16.3 Å². The molecule has 0 bridgehead atoms. The minimum Gasteiger partial charge on any atom is -0.486 e. The lowest BCUT2D eigenvalue weighted by Gasteiger charge is -2.13. The third-order valence-electron chi connectivity index (χ3n) is 4.87. The summed E-state index contributed by atoms with van der Waals surface area (Å²) in [6.45, 7) is 0.300. The maximum atomic E-state index is 14.1. The van der Waals surface area contributed by atoms with Crippen molar-refractivity contribution in [3.63, 3.8) is 0 Å². The molecule has 31 heavy (non-hydrogen) atoms. The van der Waals surface area contributed by atoms with Crippen LogP contribution in [0.15, 0.2) is 78.9 Å². The summed E-state index contributed by atoms with van der Waals surface area (Å²) >= 11 is 12.9. The van der Waals surface area contributed by atoms with E-state index in [1.165, 1.54) is 6.07 Å². The topological polar surface area (TPSA) is 33.0 Å². The van der Waals surface area contributed by atoms with Gasteiger partial charge in [-0.2, -0.15) is 5.26 Å². The van der Waals surface area contributed by atoms with Crippen LogP contribution in [0.2, 0.25) is 10.0 Å². The van der Waals surface area contributed by atoms with Gasteiger partial charge < -0.3 is 4.74 Å². The Morgan fingerprint density at radius 2 is 1.61 bits per heavy atom. The molecule has 0 aliphatic carbocycles. The molecular weight excluding hydrogens is 432 g/mol. The van der Waals surface area contributed by atoms with Crippen LogP contribution >= 0.6 is 23.2 Å². The summed E-state index contributed by atoms with van der Waals surface area (Å²) in [5.74, 6) is -0.111. The summed E-state index contributed by atoms with van der Waals surface area (Å²) in [4.78, 5) is 0. The van der Waals surface area contributed by atoms with Gasteiger partial charge in [-0.25, -0.2) is 4.39 Å². The van der Waals surface area contributed by atoms with Crippen LogP contribution in [0.4, 0.5) is 4.39 Å². The molecule has 0 unspecified atom stereocenters. The maximum Gasteiger partial charge on any atom is 0.157 e. The molecular formula is C26H16Cl2FNO. The zero-order valence-electron chi connectivity index (χ0n) is 16.3. The first-order chi connectivity index (χ1) is 15.1.